The van der Waals surface area contributed by atoms with Gasteiger partial charge in [-0.25, -0.2) is 5.43 Å². The molecule has 0 radical (unpaired) electrons. The summed E-state index contributed by atoms with van der Waals surface area (Å²) in [4.78, 5) is 24.6. The van der Waals surface area contributed by atoms with Gasteiger partial charge in [0.05, 0.1) is 18.2 Å². The Bertz CT molecular complexity index is 1140. The van der Waals surface area contributed by atoms with Gasteiger partial charge in [0.15, 0.2) is 5.75 Å². The van der Waals surface area contributed by atoms with E-state index in [-0.39, 0.29) is 29.7 Å². The fraction of sp³-hybridized carbons (Fsp3) is 0.158. The van der Waals surface area contributed by atoms with Crippen LogP contribution >= 0.6 is 0 Å². The van der Waals surface area contributed by atoms with Gasteiger partial charge in [0.2, 0.25) is 11.7 Å². The van der Waals surface area contributed by atoms with Gasteiger partial charge in [-0.1, -0.05) is 29.8 Å². The maximum absolute atomic E-state index is 11.6. The number of nitrogens with one attached hydrogen (secondary N) is 2. The van der Waals surface area contributed by atoms with E-state index in [1.54, 1.807) is 6.07 Å². The van der Waals surface area contributed by atoms with E-state index in [1.165, 1.54) is 19.4 Å². The van der Waals surface area contributed by atoms with Crippen molar-refractivity contribution in [1.82, 2.24) is 15.2 Å². The van der Waals surface area contributed by atoms with E-state index in [9.17, 15) is 14.9 Å². The molecule has 30 heavy (non-hydrogen) atoms. The van der Waals surface area contributed by atoms with E-state index in [4.69, 9.17) is 9.47 Å². The number of hydrogen-bond donors (Lipinski definition) is 2. The van der Waals surface area contributed by atoms with Crippen LogP contribution in [-0.4, -0.2) is 33.4 Å². The van der Waals surface area contributed by atoms with Gasteiger partial charge in [0, 0.05) is 11.6 Å². The SMILES string of the molecule is COc1cc(/C=N/Nc2nncc(=O)[nH]2)cc([N+](=O)[O-])c1OCc1cccc(C)c1. The zero-order valence-corrected chi connectivity index (χ0v) is 16.2. The van der Waals surface area contributed by atoms with Crippen molar-refractivity contribution in [3.8, 4) is 11.5 Å². The molecule has 0 aliphatic heterocycles. The number of aryl methyl sites for hydroxylation is 1. The van der Waals surface area contributed by atoms with Gasteiger partial charge in [0.1, 0.15) is 12.8 Å². The van der Waals surface area contributed by atoms with Crippen LogP contribution in [0.3, 0.4) is 0 Å². The molecule has 0 amide bonds. The minimum atomic E-state index is -0.557. The Morgan fingerprint density at radius 3 is 2.87 bits per heavy atom. The van der Waals surface area contributed by atoms with Gasteiger partial charge < -0.3 is 9.47 Å². The third-order valence-electron chi connectivity index (χ3n) is 3.90. The summed E-state index contributed by atoms with van der Waals surface area (Å²) in [7, 11) is 1.39. The van der Waals surface area contributed by atoms with Crippen molar-refractivity contribution >= 4 is 17.9 Å². The number of nitro groups is 1. The Hall–Kier alpha value is -4.28. The molecule has 1 heterocycles. The fourth-order valence-corrected chi connectivity index (χ4v) is 2.60. The molecule has 11 heteroatoms. The zero-order chi connectivity index (χ0) is 21.5. The summed E-state index contributed by atoms with van der Waals surface area (Å²) in [5.41, 5.74) is 4.07. The molecular weight excluding hydrogens is 392 g/mol. The molecule has 0 spiro atoms. The predicted octanol–water partition coefficient (Wildman–Crippen LogP) is 2.42. The van der Waals surface area contributed by atoms with Crippen LogP contribution < -0.4 is 20.5 Å². The predicted molar refractivity (Wildman–Crippen MR) is 109 cm³/mol. The molecule has 3 rings (SSSR count). The lowest BCUT2D eigenvalue weighted by molar-refractivity contribution is -0.386. The summed E-state index contributed by atoms with van der Waals surface area (Å²) >= 11 is 0. The minimum Gasteiger partial charge on any atom is -0.493 e. The van der Waals surface area contributed by atoms with Gasteiger partial charge in [-0.3, -0.25) is 19.9 Å². The second kappa shape index (κ2) is 9.28. The molecule has 0 aliphatic rings. The fourth-order valence-electron chi connectivity index (χ4n) is 2.60. The monoisotopic (exact) mass is 410 g/mol. The molecule has 0 saturated carbocycles. The Balaban J connectivity index is 1.84. The quantitative estimate of drug-likeness (QED) is 0.327. The number of nitrogens with zero attached hydrogens (tertiary/aromatic N) is 4. The number of H-pyrrole nitrogens is 1. The van der Waals surface area contributed by atoms with Crippen molar-refractivity contribution in [1.29, 1.82) is 0 Å². The van der Waals surface area contributed by atoms with Crippen molar-refractivity contribution in [3.05, 3.63) is 79.8 Å². The van der Waals surface area contributed by atoms with E-state index in [0.29, 0.717) is 5.56 Å². The number of methoxy groups -OCH3 is 1. The smallest absolute Gasteiger partial charge is 0.315 e. The number of nitro benzene ring substituents is 1. The Kier molecular flexibility index (Phi) is 6.33. The Morgan fingerprint density at radius 2 is 2.17 bits per heavy atom. The minimum absolute atomic E-state index is 0.0207. The number of rotatable bonds is 8. The lowest BCUT2D eigenvalue weighted by Crippen LogP contribution is -2.10. The topological polar surface area (TPSA) is 145 Å². The molecule has 2 N–H and O–H groups in total. The largest absolute Gasteiger partial charge is 0.493 e. The maximum Gasteiger partial charge on any atom is 0.315 e. The summed E-state index contributed by atoms with van der Waals surface area (Å²) in [5, 5.41) is 22.6. The summed E-state index contributed by atoms with van der Waals surface area (Å²) < 4.78 is 11.0. The van der Waals surface area contributed by atoms with Gasteiger partial charge in [-0.2, -0.15) is 5.10 Å². The van der Waals surface area contributed by atoms with E-state index in [2.05, 4.69) is 25.7 Å². The first-order valence-electron chi connectivity index (χ1n) is 8.72. The standard InChI is InChI=1S/C19H18N6O5/c1-12-4-3-5-13(6-12)11-30-18-15(25(27)28)7-14(8-16(18)29-2)9-20-23-19-22-17(26)10-21-24-19/h3-10H,11H2,1-2H3,(H2,22,23,24,26)/b20-9+. The van der Waals surface area contributed by atoms with E-state index < -0.39 is 10.5 Å². The lowest BCUT2D eigenvalue weighted by Gasteiger charge is -2.12. The first kappa shape index (κ1) is 20.5. The van der Waals surface area contributed by atoms with Crippen LogP contribution in [0, 0.1) is 17.0 Å². The number of aromatic nitrogens is 3. The summed E-state index contributed by atoms with van der Waals surface area (Å²) in [6, 6.07) is 10.5. The van der Waals surface area contributed by atoms with Crippen LogP contribution in [0.2, 0.25) is 0 Å². The Morgan fingerprint density at radius 1 is 1.33 bits per heavy atom. The molecule has 0 aliphatic carbocycles. The van der Waals surface area contributed by atoms with Gasteiger partial charge in [-0.15, -0.1) is 10.2 Å². The molecule has 0 unspecified atom stereocenters. The van der Waals surface area contributed by atoms with Crippen LogP contribution in [0.25, 0.3) is 0 Å². The van der Waals surface area contributed by atoms with E-state index in [1.807, 2.05) is 31.2 Å². The van der Waals surface area contributed by atoms with Crippen molar-refractivity contribution in [2.24, 2.45) is 5.10 Å². The van der Waals surface area contributed by atoms with Crippen LogP contribution in [0.5, 0.6) is 11.5 Å². The second-order valence-corrected chi connectivity index (χ2v) is 6.16. The number of benzene rings is 2. The molecule has 1 aromatic heterocycles. The molecule has 0 fully saturated rings. The second-order valence-electron chi connectivity index (χ2n) is 6.16. The number of anilines is 1. The van der Waals surface area contributed by atoms with Crippen LogP contribution in [-0.2, 0) is 6.61 Å². The average Bonchev–Trinajstić information content (AvgIpc) is 2.72. The number of hydrazone groups is 1. The highest BCUT2D eigenvalue weighted by molar-refractivity contribution is 5.83. The maximum atomic E-state index is 11.6. The number of ether oxygens (including phenoxy) is 2. The normalized spacial score (nSPS) is 10.7. The van der Waals surface area contributed by atoms with E-state index >= 15 is 0 Å². The summed E-state index contributed by atoms with van der Waals surface area (Å²) in [6.07, 6.45) is 2.32. The molecule has 11 nitrogen and oxygen atoms in total. The van der Waals surface area contributed by atoms with E-state index in [0.717, 1.165) is 17.3 Å². The molecule has 0 atom stereocenters. The molecule has 0 saturated heterocycles. The average molecular weight is 410 g/mol. The first-order chi connectivity index (χ1) is 14.5. The van der Waals surface area contributed by atoms with Gasteiger partial charge in [0.25, 0.3) is 5.56 Å². The van der Waals surface area contributed by atoms with Crippen LogP contribution in [0.15, 0.2) is 52.5 Å². The van der Waals surface area contributed by atoms with Crippen molar-refractivity contribution in [3.63, 3.8) is 0 Å². The number of hydrogen-bond acceptors (Lipinski definition) is 9. The number of aromatic amines is 1. The van der Waals surface area contributed by atoms with Gasteiger partial charge >= 0.3 is 5.69 Å². The van der Waals surface area contributed by atoms with Gasteiger partial charge in [-0.05, 0) is 18.6 Å². The molecule has 3 aromatic rings. The highest BCUT2D eigenvalue weighted by Gasteiger charge is 2.22. The third kappa shape index (κ3) is 5.16. The van der Waals surface area contributed by atoms with Crippen LogP contribution in [0.1, 0.15) is 16.7 Å². The third-order valence-corrected chi connectivity index (χ3v) is 3.90. The molecule has 154 valence electrons. The van der Waals surface area contributed by atoms with Crippen LogP contribution in [0.4, 0.5) is 11.6 Å². The first-order valence-corrected chi connectivity index (χ1v) is 8.72. The molecular formula is C19H18N6O5. The summed E-state index contributed by atoms with van der Waals surface area (Å²) in [5.74, 6) is 0.233. The zero-order valence-electron chi connectivity index (χ0n) is 16.2. The lowest BCUT2D eigenvalue weighted by atomic mass is 10.1. The highest BCUT2D eigenvalue weighted by Crippen LogP contribution is 2.38. The summed E-state index contributed by atoms with van der Waals surface area (Å²) in [6.45, 7) is 2.10. The van der Waals surface area contributed by atoms with Crippen molar-refractivity contribution < 1.29 is 14.4 Å². The highest BCUT2D eigenvalue weighted by atomic mass is 16.6. The van der Waals surface area contributed by atoms with Crippen molar-refractivity contribution in [2.45, 2.75) is 13.5 Å². The molecule has 2 aromatic carbocycles. The Labute approximate surface area is 170 Å². The van der Waals surface area contributed by atoms with Crippen molar-refractivity contribution in [2.75, 3.05) is 12.5 Å². The molecule has 0 bridgehead atoms.